The van der Waals surface area contributed by atoms with Gasteiger partial charge in [-0.2, -0.15) is 0 Å². The summed E-state index contributed by atoms with van der Waals surface area (Å²) in [5.41, 5.74) is 9.72. The van der Waals surface area contributed by atoms with Crippen LogP contribution in [0.5, 0.6) is 0 Å². The first-order valence-corrected chi connectivity index (χ1v) is 13.3. The highest BCUT2D eigenvalue weighted by Crippen LogP contribution is 2.31. The third-order valence-electron chi connectivity index (χ3n) is 7.13. The average Bonchev–Trinajstić information content (AvgIpc) is 2.79. The summed E-state index contributed by atoms with van der Waals surface area (Å²) in [6.45, 7) is 7.45. The van der Waals surface area contributed by atoms with Crippen molar-refractivity contribution < 1.29 is 28.7 Å². The molecular formula is C26H46N4O6. The van der Waals surface area contributed by atoms with Gasteiger partial charge in [0.1, 0.15) is 12.2 Å². The zero-order valence-electron chi connectivity index (χ0n) is 22.4. The van der Waals surface area contributed by atoms with Gasteiger partial charge < -0.3 is 31.6 Å². The molecule has 0 spiro atoms. The zero-order chi connectivity index (χ0) is 26.9. The quantitative estimate of drug-likeness (QED) is 0.255. The first kappa shape index (κ1) is 30.0. The van der Waals surface area contributed by atoms with Crippen molar-refractivity contribution in [3.05, 3.63) is 0 Å². The third kappa shape index (κ3) is 9.69. The molecule has 4 unspecified atom stereocenters. The molecule has 0 heterocycles. The largest absolute Gasteiger partial charge is 0.454 e. The van der Waals surface area contributed by atoms with Crippen molar-refractivity contribution in [2.45, 2.75) is 115 Å². The standard InChI is InChI=1S/C26H46N4O6/c1-25(2,27)23(33)29-15-13-17-9-5-7-11-19(17)35-21(31)22(32)36-20-12-8-6-10-18(20)14-16-30-24(34)26(3,4)28/h17-20H,5-16,27-28H2,1-4H3,(H,29,33)(H,30,34). The normalized spacial score (nSPS) is 24.9. The van der Waals surface area contributed by atoms with Crippen molar-refractivity contribution >= 4 is 23.8 Å². The van der Waals surface area contributed by atoms with Crippen LogP contribution in [0, 0.1) is 11.8 Å². The summed E-state index contributed by atoms with van der Waals surface area (Å²) in [6.07, 6.45) is 7.50. The van der Waals surface area contributed by atoms with Gasteiger partial charge in [-0.25, -0.2) is 9.59 Å². The van der Waals surface area contributed by atoms with Crippen LogP contribution in [-0.4, -0.2) is 60.1 Å². The Labute approximate surface area is 215 Å². The first-order valence-electron chi connectivity index (χ1n) is 13.3. The van der Waals surface area contributed by atoms with E-state index in [4.69, 9.17) is 20.9 Å². The summed E-state index contributed by atoms with van der Waals surface area (Å²) in [5.74, 6) is -2.25. The van der Waals surface area contributed by atoms with Crippen molar-refractivity contribution in [2.24, 2.45) is 23.3 Å². The van der Waals surface area contributed by atoms with Gasteiger partial charge in [-0.15, -0.1) is 0 Å². The van der Waals surface area contributed by atoms with Crippen molar-refractivity contribution in [3.63, 3.8) is 0 Å². The lowest BCUT2D eigenvalue weighted by atomic mass is 9.84. The van der Waals surface area contributed by atoms with Crippen LogP contribution in [-0.2, 0) is 28.7 Å². The summed E-state index contributed by atoms with van der Waals surface area (Å²) < 4.78 is 11.2. The SMILES string of the molecule is CC(C)(N)C(=O)NCCC1CCCCC1OC(=O)C(=O)OC1CCCCC1CCNC(=O)C(C)(C)N. The van der Waals surface area contributed by atoms with Gasteiger partial charge >= 0.3 is 11.9 Å². The molecule has 0 saturated heterocycles. The predicted molar refractivity (Wildman–Crippen MR) is 135 cm³/mol. The lowest BCUT2D eigenvalue weighted by Crippen LogP contribution is -2.49. The summed E-state index contributed by atoms with van der Waals surface area (Å²) >= 11 is 0. The molecular weight excluding hydrogens is 464 g/mol. The summed E-state index contributed by atoms with van der Waals surface area (Å²) in [7, 11) is 0. The molecule has 2 saturated carbocycles. The van der Waals surface area contributed by atoms with E-state index < -0.39 is 23.0 Å². The summed E-state index contributed by atoms with van der Waals surface area (Å²) in [5, 5.41) is 5.66. The van der Waals surface area contributed by atoms with E-state index in [0.29, 0.717) is 38.8 Å². The highest BCUT2D eigenvalue weighted by Gasteiger charge is 2.35. The summed E-state index contributed by atoms with van der Waals surface area (Å²) in [6, 6.07) is 0. The molecule has 0 aromatic rings. The molecule has 2 aliphatic rings. The van der Waals surface area contributed by atoms with E-state index in [1.54, 1.807) is 27.7 Å². The molecule has 0 aromatic heterocycles. The molecule has 206 valence electrons. The molecule has 0 aromatic carbocycles. The molecule has 6 N–H and O–H groups in total. The average molecular weight is 511 g/mol. The van der Waals surface area contributed by atoms with Crippen LogP contribution in [0.25, 0.3) is 0 Å². The topological polar surface area (TPSA) is 163 Å². The zero-order valence-corrected chi connectivity index (χ0v) is 22.4. The fourth-order valence-corrected chi connectivity index (χ4v) is 4.89. The first-order chi connectivity index (χ1) is 16.8. The second-order valence-electron chi connectivity index (χ2n) is 11.5. The van der Waals surface area contributed by atoms with Crippen molar-refractivity contribution in [1.29, 1.82) is 0 Å². The Kier molecular flexibility index (Phi) is 11.2. The minimum Gasteiger partial charge on any atom is -0.454 e. The fraction of sp³-hybridized carbons (Fsp3) is 0.846. The smallest absolute Gasteiger partial charge is 0.417 e. The second-order valence-corrected chi connectivity index (χ2v) is 11.5. The third-order valence-corrected chi connectivity index (χ3v) is 7.13. The van der Waals surface area contributed by atoms with Gasteiger partial charge in [-0.3, -0.25) is 9.59 Å². The number of carbonyl (C=O) groups excluding carboxylic acids is 4. The van der Waals surface area contributed by atoms with E-state index in [-0.39, 0.29) is 35.9 Å². The van der Waals surface area contributed by atoms with Crippen LogP contribution in [0.15, 0.2) is 0 Å². The van der Waals surface area contributed by atoms with Crippen molar-refractivity contribution in [1.82, 2.24) is 10.6 Å². The number of ether oxygens (including phenoxy) is 2. The Morgan fingerprint density at radius 1 is 0.667 bits per heavy atom. The van der Waals surface area contributed by atoms with E-state index in [0.717, 1.165) is 38.5 Å². The van der Waals surface area contributed by atoms with Crippen LogP contribution in [0.2, 0.25) is 0 Å². The lowest BCUT2D eigenvalue weighted by Gasteiger charge is -2.33. The number of hydrogen-bond acceptors (Lipinski definition) is 8. The molecule has 10 nitrogen and oxygen atoms in total. The number of hydrogen-bond donors (Lipinski definition) is 4. The van der Waals surface area contributed by atoms with E-state index in [2.05, 4.69) is 10.6 Å². The van der Waals surface area contributed by atoms with Crippen LogP contribution in [0.3, 0.4) is 0 Å². The minimum absolute atomic E-state index is 0.0644. The van der Waals surface area contributed by atoms with E-state index in [1.807, 2.05) is 0 Å². The molecule has 0 radical (unpaired) electrons. The number of nitrogens with two attached hydrogens (primary N) is 2. The number of carbonyl (C=O) groups is 4. The van der Waals surface area contributed by atoms with Gasteiger partial charge in [0.05, 0.1) is 11.1 Å². The van der Waals surface area contributed by atoms with Crippen LogP contribution < -0.4 is 22.1 Å². The van der Waals surface area contributed by atoms with E-state index in [1.165, 1.54) is 0 Å². The van der Waals surface area contributed by atoms with Gasteiger partial charge in [0.2, 0.25) is 11.8 Å². The highest BCUT2D eigenvalue weighted by molar-refractivity contribution is 6.29. The molecule has 0 aliphatic heterocycles. The number of amides is 2. The van der Waals surface area contributed by atoms with Crippen LogP contribution >= 0.6 is 0 Å². The maximum Gasteiger partial charge on any atom is 0.417 e. The second kappa shape index (κ2) is 13.4. The van der Waals surface area contributed by atoms with Gasteiger partial charge in [-0.05, 0) is 90.9 Å². The molecule has 10 heteroatoms. The molecule has 0 bridgehead atoms. The Morgan fingerprint density at radius 3 is 1.33 bits per heavy atom. The van der Waals surface area contributed by atoms with Crippen molar-refractivity contribution in [3.8, 4) is 0 Å². The van der Waals surface area contributed by atoms with Gasteiger partial charge in [-0.1, -0.05) is 12.8 Å². The molecule has 2 rings (SSSR count). The van der Waals surface area contributed by atoms with E-state index in [9.17, 15) is 19.2 Å². The summed E-state index contributed by atoms with van der Waals surface area (Å²) in [4.78, 5) is 49.2. The van der Waals surface area contributed by atoms with Crippen LogP contribution in [0.1, 0.15) is 91.9 Å². The predicted octanol–water partition coefficient (Wildman–Crippen LogP) is 1.68. The Balaban J connectivity index is 1.84. The molecule has 2 fully saturated rings. The maximum atomic E-state index is 12.6. The highest BCUT2D eigenvalue weighted by atomic mass is 16.6. The van der Waals surface area contributed by atoms with Crippen LogP contribution in [0.4, 0.5) is 0 Å². The van der Waals surface area contributed by atoms with Gasteiger partial charge in [0.25, 0.3) is 0 Å². The number of rotatable bonds is 10. The molecule has 4 atom stereocenters. The minimum atomic E-state index is -0.957. The van der Waals surface area contributed by atoms with Gasteiger partial charge in [0, 0.05) is 13.1 Å². The van der Waals surface area contributed by atoms with E-state index >= 15 is 0 Å². The Morgan fingerprint density at radius 2 is 1.00 bits per heavy atom. The Hall–Kier alpha value is -2.20. The van der Waals surface area contributed by atoms with Crippen molar-refractivity contribution in [2.75, 3.05) is 13.1 Å². The molecule has 2 amide bonds. The number of nitrogens with one attached hydrogen (secondary N) is 2. The fourth-order valence-electron chi connectivity index (χ4n) is 4.89. The monoisotopic (exact) mass is 510 g/mol. The maximum absolute atomic E-state index is 12.6. The number of esters is 2. The Bertz CT molecular complexity index is 709. The molecule has 2 aliphatic carbocycles. The van der Waals surface area contributed by atoms with Gasteiger partial charge in [0.15, 0.2) is 0 Å². The molecule has 36 heavy (non-hydrogen) atoms. The lowest BCUT2D eigenvalue weighted by molar-refractivity contribution is -0.179.